The number of hydrogen-bond donors (Lipinski definition) is 1. The van der Waals surface area contributed by atoms with Crippen molar-refractivity contribution in [2.75, 3.05) is 12.3 Å². The van der Waals surface area contributed by atoms with Crippen LogP contribution in [0.5, 0.6) is 0 Å². The molecule has 112 valence electrons. The molecule has 0 aliphatic heterocycles. The first-order chi connectivity index (χ1) is 10.6. The van der Waals surface area contributed by atoms with Crippen molar-refractivity contribution in [3.8, 4) is 11.5 Å². The molecule has 0 atom stereocenters. The molecule has 0 saturated heterocycles. The number of halogens is 1. The van der Waals surface area contributed by atoms with E-state index in [0.29, 0.717) is 28.2 Å². The monoisotopic (exact) mass is 408 g/mol. The van der Waals surface area contributed by atoms with Gasteiger partial charge in [0, 0.05) is 14.8 Å². The highest BCUT2D eigenvalue weighted by molar-refractivity contribution is 14.1. The van der Waals surface area contributed by atoms with Gasteiger partial charge in [-0.05, 0) is 65.9 Å². The predicted octanol–water partition coefficient (Wildman–Crippen LogP) is 3.86. The molecule has 2 N–H and O–H groups in total. The van der Waals surface area contributed by atoms with Crippen LogP contribution in [-0.4, -0.2) is 17.6 Å². The van der Waals surface area contributed by atoms with Crippen molar-refractivity contribution in [1.82, 2.24) is 4.98 Å². The largest absolute Gasteiger partial charge is 0.462 e. The van der Waals surface area contributed by atoms with Gasteiger partial charge in [-0.1, -0.05) is 0 Å². The van der Waals surface area contributed by atoms with Crippen LogP contribution in [0.2, 0.25) is 0 Å². The molecule has 0 amide bonds. The molecule has 0 radical (unpaired) electrons. The number of carbonyl (C=O) groups is 1. The highest BCUT2D eigenvalue weighted by atomic mass is 127. The third kappa shape index (κ3) is 2.78. The lowest BCUT2D eigenvalue weighted by molar-refractivity contribution is 0.0527. The number of oxazole rings is 1. The number of nitrogen functional groups attached to an aromatic ring is 1. The Bertz CT molecular complexity index is 840. The summed E-state index contributed by atoms with van der Waals surface area (Å²) in [4.78, 5) is 16.5. The molecule has 3 aromatic rings. The first-order valence-corrected chi connectivity index (χ1v) is 7.79. The molecule has 0 aliphatic rings. The summed E-state index contributed by atoms with van der Waals surface area (Å²) in [6, 6.07) is 11.0. The van der Waals surface area contributed by atoms with Gasteiger partial charge in [-0.15, -0.1) is 0 Å². The summed E-state index contributed by atoms with van der Waals surface area (Å²) in [5.74, 6) is -0.0207. The van der Waals surface area contributed by atoms with E-state index in [4.69, 9.17) is 14.9 Å². The lowest BCUT2D eigenvalue weighted by atomic mass is 10.2. The summed E-state index contributed by atoms with van der Waals surface area (Å²) in [6.45, 7) is 2.03. The molecular formula is C16H13IN2O3. The Labute approximate surface area is 140 Å². The quantitative estimate of drug-likeness (QED) is 0.405. The smallest absolute Gasteiger partial charge is 0.342 e. The van der Waals surface area contributed by atoms with Gasteiger partial charge in [0.05, 0.1) is 6.61 Å². The van der Waals surface area contributed by atoms with Crippen LogP contribution in [0.3, 0.4) is 0 Å². The van der Waals surface area contributed by atoms with Crippen molar-refractivity contribution in [3.63, 3.8) is 0 Å². The van der Waals surface area contributed by atoms with Gasteiger partial charge in [0.1, 0.15) is 11.1 Å². The molecule has 0 saturated carbocycles. The second-order valence-electron chi connectivity index (χ2n) is 4.66. The van der Waals surface area contributed by atoms with Crippen LogP contribution in [0.4, 0.5) is 5.69 Å². The van der Waals surface area contributed by atoms with Crippen LogP contribution in [0.1, 0.15) is 17.3 Å². The standard InChI is InChI=1S/C16H13IN2O3/c1-2-21-16(20)12-7-11(18)8-13-14(12)22-15(19-13)9-3-5-10(17)6-4-9/h3-8H,2,18H2,1H3. The maximum atomic E-state index is 12.0. The molecule has 22 heavy (non-hydrogen) atoms. The molecule has 0 unspecified atom stereocenters. The van der Waals surface area contributed by atoms with Gasteiger partial charge in [-0.2, -0.15) is 0 Å². The van der Waals surface area contributed by atoms with Gasteiger partial charge in [0.15, 0.2) is 5.58 Å². The Morgan fingerprint density at radius 2 is 2.05 bits per heavy atom. The molecule has 3 rings (SSSR count). The first-order valence-electron chi connectivity index (χ1n) is 6.71. The molecule has 0 fully saturated rings. The SMILES string of the molecule is CCOC(=O)c1cc(N)cc2nc(-c3ccc(I)cc3)oc12. The molecular weight excluding hydrogens is 395 g/mol. The maximum Gasteiger partial charge on any atom is 0.342 e. The van der Waals surface area contributed by atoms with Crippen LogP contribution in [-0.2, 0) is 4.74 Å². The van der Waals surface area contributed by atoms with E-state index in [1.165, 1.54) is 0 Å². The summed E-state index contributed by atoms with van der Waals surface area (Å²) in [6.07, 6.45) is 0. The third-order valence-corrected chi connectivity index (χ3v) is 3.82. The summed E-state index contributed by atoms with van der Waals surface area (Å²) in [5.41, 5.74) is 8.34. The number of fused-ring (bicyclic) bond motifs is 1. The average molecular weight is 408 g/mol. The number of anilines is 1. The highest BCUT2D eigenvalue weighted by Gasteiger charge is 2.18. The van der Waals surface area contributed by atoms with E-state index < -0.39 is 5.97 Å². The van der Waals surface area contributed by atoms with Crippen LogP contribution < -0.4 is 5.73 Å². The third-order valence-electron chi connectivity index (χ3n) is 3.10. The van der Waals surface area contributed by atoms with Gasteiger partial charge < -0.3 is 14.9 Å². The lowest BCUT2D eigenvalue weighted by Gasteiger charge is -2.02. The molecule has 2 aromatic carbocycles. The van der Waals surface area contributed by atoms with Crippen molar-refractivity contribution in [1.29, 1.82) is 0 Å². The zero-order valence-electron chi connectivity index (χ0n) is 11.8. The maximum absolute atomic E-state index is 12.0. The molecule has 0 aliphatic carbocycles. The highest BCUT2D eigenvalue weighted by Crippen LogP contribution is 2.29. The number of nitrogens with zero attached hydrogens (tertiary/aromatic N) is 1. The minimum Gasteiger partial charge on any atom is -0.462 e. The van der Waals surface area contributed by atoms with E-state index >= 15 is 0 Å². The van der Waals surface area contributed by atoms with Crippen molar-refractivity contribution in [2.45, 2.75) is 6.92 Å². The summed E-state index contributed by atoms with van der Waals surface area (Å²) in [7, 11) is 0. The lowest BCUT2D eigenvalue weighted by Crippen LogP contribution is -2.05. The minimum absolute atomic E-state index is 0.285. The minimum atomic E-state index is -0.467. The van der Waals surface area contributed by atoms with E-state index in [0.717, 1.165) is 9.13 Å². The second-order valence-corrected chi connectivity index (χ2v) is 5.91. The van der Waals surface area contributed by atoms with Crippen LogP contribution >= 0.6 is 22.6 Å². The number of esters is 1. The molecule has 1 heterocycles. The van der Waals surface area contributed by atoms with Gasteiger partial charge in [0.2, 0.25) is 5.89 Å². The number of carbonyl (C=O) groups excluding carboxylic acids is 1. The fourth-order valence-corrected chi connectivity index (χ4v) is 2.49. The fourth-order valence-electron chi connectivity index (χ4n) is 2.13. The van der Waals surface area contributed by atoms with Gasteiger partial charge in [-0.25, -0.2) is 9.78 Å². The number of benzene rings is 2. The molecule has 5 nitrogen and oxygen atoms in total. The van der Waals surface area contributed by atoms with Crippen molar-refractivity contribution < 1.29 is 13.9 Å². The zero-order chi connectivity index (χ0) is 15.7. The summed E-state index contributed by atoms with van der Waals surface area (Å²) < 4.78 is 11.9. The summed E-state index contributed by atoms with van der Waals surface area (Å²) in [5, 5.41) is 0. The molecule has 6 heteroatoms. The number of hydrogen-bond acceptors (Lipinski definition) is 5. The topological polar surface area (TPSA) is 78.4 Å². The first kappa shape index (κ1) is 14.8. The Morgan fingerprint density at radius 3 is 2.73 bits per heavy atom. The molecule has 0 bridgehead atoms. The van der Waals surface area contributed by atoms with E-state index in [2.05, 4.69) is 27.6 Å². The second kappa shape index (κ2) is 5.96. The van der Waals surface area contributed by atoms with Gasteiger partial charge in [0.25, 0.3) is 0 Å². The number of aromatic nitrogens is 1. The van der Waals surface area contributed by atoms with Crippen LogP contribution in [0.15, 0.2) is 40.8 Å². The zero-order valence-corrected chi connectivity index (χ0v) is 14.0. The Balaban J connectivity index is 2.14. The van der Waals surface area contributed by atoms with Crippen molar-refractivity contribution >= 4 is 45.3 Å². The number of ether oxygens (including phenoxy) is 1. The Kier molecular flexibility index (Phi) is 4.02. The van der Waals surface area contributed by atoms with Gasteiger partial charge >= 0.3 is 5.97 Å². The Hall–Kier alpha value is -2.09. The predicted molar refractivity (Wildman–Crippen MR) is 92.5 cm³/mol. The van der Waals surface area contributed by atoms with Crippen molar-refractivity contribution in [2.24, 2.45) is 0 Å². The van der Waals surface area contributed by atoms with Crippen LogP contribution in [0, 0.1) is 3.57 Å². The Morgan fingerprint density at radius 1 is 1.32 bits per heavy atom. The molecule has 0 spiro atoms. The van der Waals surface area contributed by atoms with E-state index in [1.807, 2.05) is 24.3 Å². The van der Waals surface area contributed by atoms with Crippen LogP contribution in [0.25, 0.3) is 22.6 Å². The van der Waals surface area contributed by atoms with E-state index in [-0.39, 0.29) is 6.61 Å². The fraction of sp³-hybridized carbons (Fsp3) is 0.125. The average Bonchev–Trinajstić information content (AvgIpc) is 2.91. The molecule has 1 aromatic heterocycles. The van der Waals surface area contributed by atoms with Crippen molar-refractivity contribution in [3.05, 3.63) is 45.5 Å². The number of nitrogens with two attached hydrogens (primary N) is 1. The number of rotatable bonds is 3. The van der Waals surface area contributed by atoms with Gasteiger partial charge in [-0.3, -0.25) is 0 Å². The summed E-state index contributed by atoms with van der Waals surface area (Å²) >= 11 is 2.23. The van der Waals surface area contributed by atoms with E-state index in [1.54, 1.807) is 19.1 Å². The van der Waals surface area contributed by atoms with E-state index in [9.17, 15) is 4.79 Å². The normalized spacial score (nSPS) is 10.8.